The van der Waals surface area contributed by atoms with Crippen molar-refractivity contribution < 1.29 is 14.3 Å². The van der Waals surface area contributed by atoms with Crippen LogP contribution in [0.1, 0.15) is 69.0 Å². The molecule has 0 unspecified atom stereocenters. The first-order chi connectivity index (χ1) is 9.22. The third kappa shape index (κ3) is 11.5. The molecule has 19 heavy (non-hydrogen) atoms. The highest BCUT2D eigenvalue weighted by Crippen LogP contribution is 2.07. The van der Waals surface area contributed by atoms with E-state index in [0.29, 0.717) is 0 Å². The number of hydrogen-bond donors (Lipinski definition) is 2. The highest BCUT2D eigenvalue weighted by molar-refractivity contribution is 5.81. The number of carboxylic acids is 1. The Morgan fingerprint density at radius 1 is 1.21 bits per heavy atom. The van der Waals surface area contributed by atoms with Crippen LogP contribution in [0.25, 0.3) is 0 Å². The van der Waals surface area contributed by atoms with Crippen LogP contribution >= 0.6 is 0 Å². The fourth-order valence-corrected chi connectivity index (χ4v) is 1.61. The summed E-state index contributed by atoms with van der Waals surface area (Å²) in [4.78, 5) is 13.3. The minimum Gasteiger partial charge on any atom is -0.474 e. The largest absolute Gasteiger partial charge is 0.474 e. The molecule has 5 nitrogen and oxygen atoms in total. The van der Waals surface area contributed by atoms with Gasteiger partial charge >= 0.3 is 11.9 Å². The maximum atomic E-state index is 9.91. The van der Waals surface area contributed by atoms with Crippen molar-refractivity contribution in [2.45, 2.75) is 58.3 Å². The molecule has 0 aromatic carbocycles. The van der Waals surface area contributed by atoms with Gasteiger partial charge in [0.25, 0.3) is 0 Å². The second kappa shape index (κ2) is 13.1. The number of nitrogens with two attached hydrogens (primary N) is 1. The summed E-state index contributed by atoms with van der Waals surface area (Å²) in [6, 6.07) is 0. The van der Waals surface area contributed by atoms with Crippen molar-refractivity contribution in [3.8, 4) is 0 Å². The van der Waals surface area contributed by atoms with Crippen molar-refractivity contribution in [2.75, 3.05) is 6.54 Å². The SMILES string of the molecule is CCCCCCCCCCN.O=C(O)c1ncco1. The molecule has 0 radical (unpaired) electrons. The van der Waals surface area contributed by atoms with Crippen LogP contribution in [0.2, 0.25) is 0 Å². The molecule has 1 aromatic rings. The van der Waals surface area contributed by atoms with Gasteiger partial charge in [0.05, 0.1) is 6.20 Å². The van der Waals surface area contributed by atoms with Gasteiger partial charge in [0.1, 0.15) is 6.26 Å². The van der Waals surface area contributed by atoms with Gasteiger partial charge in [0.15, 0.2) is 0 Å². The summed E-state index contributed by atoms with van der Waals surface area (Å²) in [5.41, 5.74) is 5.39. The summed E-state index contributed by atoms with van der Waals surface area (Å²) in [5, 5.41) is 8.12. The van der Waals surface area contributed by atoms with Crippen LogP contribution < -0.4 is 5.73 Å². The Morgan fingerprint density at radius 2 is 1.79 bits per heavy atom. The Balaban J connectivity index is 0.000000356. The second-order valence-corrected chi connectivity index (χ2v) is 4.41. The minimum atomic E-state index is -1.14. The van der Waals surface area contributed by atoms with E-state index in [1.165, 1.54) is 63.8 Å². The molecular weight excluding hydrogens is 244 g/mol. The Hall–Kier alpha value is -1.36. The van der Waals surface area contributed by atoms with E-state index in [4.69, 9.17) is 10.8 Å². The van der Waals surface area contributed by atoms with E-state index >= 15 is 0 Å². The number of hydrogen-bond acceptors (Lipinski definition) is 4. The van der Waals surface area contributed by atoms with Crippen molar-refractivity contribution >= 4 is 5.97 Å². The average Bonchev–Trinajstić information content (AvgIpc) is 2.93. The molecule has 0 aliphatic heterocycles. The zero-order valence-electron chi connectivity index (χ0n) is 11.8. The molecule has 0 saturated heterocycles. The number of oxazole rings is 1. The van der Waals surface area contributed by atoms with Gasteiger partial charge in [-0.3, -0.25) is 0 Å². The van der Waals surface area contributed by atoms with Gasteiger partial charge in [-0.2, -0.15) is 0 Å². The second-order valence-electron chi connectivity index (χ2n) is 4.41. The van der Waals surface area contributed by atoms with E-state index in [2.05, 4.69) is 16.3 Å². The average molecular weight is 270 g/mol. The van der Waals surface area contributed by atoms with Gasteiger partial charge in [-0.05, 0) is 13.0 Å². The Bertz CT molecular complexity index is 292. The molecule has 1 aromatic heterocycles. The monoisotopic (exact) mass is 270 g/mol. The minimum absolute atomic E-state index is 0.273. The van der Waals surface area contributed by atoms with Gasteiger partial charge in [-0.1, -0.05) is 51.9 Å². The molecule has 0 aliphatic carbocycles. The fraction of sp³-hybridized carbons (Fsp3) is 0.714. The number of unbranched alkanes of at least 4 members (excludes halogenated alkanes) is 7. The molecule has 0 fully saturated rings. The molecule has 0 atom stereocenters. The molecule has 3 N–H and O–H groups in total. The maximum Gasteiger partial charge on any atom is 0.392 e. The third-order valence-electron chi connectivity index (χ3n) is 2.67. The van der Waals surface area contributed by atoms with E-state index in [-0.39, 0.29) is 5.89 Å². The molecule has 0 spiro atoms. The van der Waals surface area contributed by atoms with Gasteiger partial charge in [0, 0.05) is 0 Å². The molecular formula is C14H26N2O3. The standard InChI is InChI=1S/C10H23N.C4H3NO3/c1-2-3-4-5-6-7-8-9-10-11;6-4(7)3-5-1-2-8-3/h2-11H2,1H3;1-2H,(H,6,7). The lowest BCUT2D eigenvalue weighted by Crippen LogP contribution is -1.97. The topological polar surface area (TPSA) is 89.4 Å². The quantitative estimate of drug-likeness (QED) is 0.671. The van der Waals surface area contributed by atoms with Gasteiger partial charge < -0.3 is 15.3 Å². The Morgan fingerprint density at radius 3 is 2.16 bits per heavy atom. The molecule has 5 heteroatoms. The molecule has 0 aliphatic rings. The molecule has 110 valence electrons. The molecule has 1 heterocycles. The van der Waals surface area contributed by atoms with E-state index in [0.717, 1.165) is 6.54 Å². The normalized spacial score (nSPS) is 9.79. The highest BCUT2D eigenvalue weighted by atomic mass is 16.4. The van der Waals surface area contributed by atoms with Crippen LogP contribution in [-0.4, -0.2) is 22.6 Å². The van der Waals surface area contributed by atoms with Crippen LogP contribution in [0, 0.1) is 0 Å². The number of rotatable bonds is 9. The number of carbonyl (C=O) groups is 1. The van der Waals surface area contributed by atoms with E-state index in [1.807, 2.05) is 0 Å². The summed E-state index contributed by atoms with van der Waals surface area (Å²) in [6.45, 7) is 3.13. The van der Waals surface area contributed by atoms with Crippen molar-refractivity contribution in [1.82, 2.24) is 4.98 Å². The maximum absolute atomic E-state index is 9.91. The van der Waals surface area contributed by atoms with Gasteiger partial charge in [-0.15, -0.1) is 0 Å². The van der Waals surface area contributed by atoms with Crippen LogP contribution in [0.4, 0.5) is 0 Å². The number of carboxylic acid groups (broad SMARTS) is 1. The van der Waals surface area contributed by atoms with Gasteiger partial charge in [-0.25, -0.2) is 9.78 Å². The summed E-state index contributed by atoms with van der Waals surface area (Å²) in [7, 11) is 0. The predicted octanol–water partition coefficient (Wildman–Crippen LogP) is 3.46. The van der Waals surface area contributed by atoms with E-state index < -0.39 is 5.97 Å². The summed E-state index contributed by atoms with van der Waals surface area (Å²) < 4.78 is 4.38. The Kier molecular flexibility index (Phi) is 12.1. The van der Waals surface area contributed by atoms with Crippen LogP contribution in [0.5, 0.6) is 0 Å². The summed E-state index contributed by atoms with van der Waals surface area (Å²) in [5.74, 6) is -1.42. The van der Waals surface area contributed by atoms with Crippen LogP contribution in [0.15, 0.2) is 16.9 Å². The van der Waals surface area contributed by atoms with E-state index in [9.17, 15) is 4.79 Å². The molecule has 0 amide bonds. The highest BCUT2D eigenvalue weighted by Gasteiger charge is 2.04. The predicted molar refractivity (Wildman–Crippen MR) is 75.1 cm³/mol. The first-order valence-electron chi connectivity index (χ1n) is 7.05. The molecule has 0 bridgehead atoms. The van der Waals surface area contributed by atoms with Gasteiger partial charge in [0.2, 0.25) is 0 Å². The third-order valence-corrected chi connectivity index (χ3v) is 2.67. The lowest BCUT2D eigenvalue weighted by molar-refractivity contribution is 0.0653. The summed E-state index contributed by atoms with van der Waals surface area (Å²) >= 11 is 0. The Labute approximate surface area is 115 Å². The number of aromatic nitrogens is 1. The number of aromatic carboxylic acids is 1. The smallest absolute Gasteiger partial charge is 0.392 e. The van der Waals surface area contributed by atoms with Crippen molar-refractivity contribution in [3.63, 3.8) is 0 Å². The van der Waals surface area contributed by atoms with Crippen molar-refractivity contribution in [1.29, 1.82) is 0 Å². The zero-order valence-corrected chi connectivity index (χ0v) is 11.8. The molecule has 0 saturated carbocycles. The lowest BCUT2D eigenvalue weighted by Gasteiger charge is -1.99. The van der Waals surface area contributed by atoms with E-state index in [1.54, 1.807) is 0 Å². The van der Waals surface area contributed by atoms with Crippen molar-refractivity contribution in [3.05, 3.63) is 18.4 Å². The van der Waals surface area contributed by atoms with Crippen LogP contribution in [-0.2, 0) is 0 Å². The van der Waals surface area contributed by atoms with Crippen LogP contribution in [0.3, 0.4) is 0 Å². The lowest BCUT2D eigenvalue weighted by atomic mass is 10.1. The van der Waals surface area contributed by atoms with Crippen molar-refractivity contribution in [2.24, 2.45) is 5.73 Å². The first-order valence-corrected chi connectivity index (χ1v) is 7.05. The fourth-order valence-electron chi connectivity index (χ4n) is 1.61. The first kappa shape index (κ1) is 17.6. The summed E-state index contributed by atoms with van der Waals surface area (Å²) in [6.07, 6.45) is 13.5. The zero-order chi connectivity index (χ0) is 14.3. The molecule has 1 rings (SSSR count). The number of nitrogens with zero attached hydrogens (tertiary/aromatic N) is 1.